The Kier molecular flexibility index (Phi) is 5.99. The highest BCUT2D eigenvalue weighted by molar-refractivity contribution is 7.17. The summed E-state index contributed by atoms with van der Waals surface area (Å²) in [6, 6.07) is 12.1. The fourth-order valence-electron chi connectivity index (χ4n) is 2.49. The van der Waals surface area contributed by atoms with Gasteiger partial charge in [-0.15, -0.1) is 11.3 Å². The van der Waals surface area contributed by atoms with Gasteiger partial charge in [0.1, 0.15) is 15.7 Å². The molecule has 29 heavy (non-hydrogen) atoms. The Hall–Kier alpha value is -3.59. The summed E-state index contributed by atoms with van der Waals surface area (Å²) in [6.45, 7) is 1.48. The summed E-state index contributed by atoms with van der Waals surface area (Å²) < 4.78 is 13.1. The lowest BCUT2D eigenvalue weighted by Crippen LogP contribution is -2.33. The Bertz CT molecular complexity index is 1060. The number of aromatic nitrogens is 1. The van der Waals surface area contributed by atoms with Gasteiger partial charge in [-0.2, -0.15) is 0 Å². The van der Waals surface area contributed by atoms with Gasteiger partial charge in [0, 0.05) is 16.8 Å². The minimum atomic E-state index is -0.637. The largest absolute Gasteiger partial charge is 0.368 e. The Morgan fingerprint density at radius 3 is 2.31 bits per heavy atom. The zero-order chi connectivity index (χ0) is 21.0. The first-order valence-corrected chi connectivity index (χ1v) is 9.36. The zero-order valence-corrected chi connectivity index (χ0v) is 16.2. The molecule has 0 fully saturated rings. The highest BCUT2D eigenvalue weighted by atomic mass is 32.1. The number of nitrogens with two attached hydrogens (primary N) is 1. The molecule has 3 rings (SSSR count). The number of carbonyl (C=O) groups excluding carboxylic acids is 3. The van der Waals surface area contributed by atoms with Crippen LogP contribution in [0.5, 0.6) is 0 Å². The minimum Gasteiger partial charge on any atom is -0.368 e. The van der Waals surface area contributed by atoms with E-state index in [1.807, 2.05) is 0 Å². The summed E-state index contributed by atoms with van der Waals surface area (Å²) >= 11 is 1.21. The van der Waals surface area contributed by atoms with Crippen LogP contribution in [0.3, 0.4) is 0 Å². The molecule has 3 amide bonds. The van der Waals surface area contributed by atoms with Gasteiger partial charge in [0.15, 0.2) is 0 Å². The van der Waals surface area contributed by atoms with Crippen LogP contribution in [0.2, 0.25) is 0 Å². The van der Waals surface area contributed by atoms with E-state index in [0.717, 1.165) is 5.56 Å². The first-order chi connectivity index (χ1) is 13.8. The molecular formula is C20H17FN4O3S. The van der Waals surface area contributed by atoms with Gasteiger partial charge < -0.3 is 16.4 Å². The fourth-order valence-corrected chi connectivity index (χ4v) is 3.45. The number of hydrogen-bond donors (Lipinski definition) is 3. The maximum atomic E-state index is 13.1. The number of carbonyl (C=O) groups is 3. The van der Waals surface area contributed by atoms with Crippen molar-refractivity contribution in [1.82, 2.24) is 10.3 Å². The van der Waals surface area contributed by atoms with Crippen molar-refractivity contribution in [1.29, 1.82) is 0 Å². The summed E-state index contributed by atoms with van der Waals surface area (Å²) in [7, 11) is 0. The number of hydrogen-bond acceptors (Lipinski definition) is 5. The number of primary amides is 1. The van der Waals surface area contributed by atoms with Crippen LogP contribution in [-0.2, 0) is 4.79 Å². The molecule has 0 bridgehead atoms. The van der Waals surface area contributed by atoms with Crippen LogP contribution in [0.25, 0.3) is 10.6 Å². The maximum Gasteiger partial charge on any atom is 0.267 e. The second-order valence-corrected chi connectivity index (χ2v) is 7.12. The van der Waals surface area contributed by atoms with Gasteiger partial charge in [-0.1, -0.05) is 0 Å². The lowest BCUT2D eigenvalue weighted by Gasteiger charge is -2.06. The molecule has 1 heterocycles. The second-order valence-electron chi connectivity index (χ2n) is 6.12. The van der Waals surface area contributed by atoms with Crippen molar-refractivity contribution in [2.45, 2.75) is 6.92 Å². The van der Waals surface area contributed by atoms with E-state index in [9.17, 15) is 18.8 Å². The topological polar surface area (TPSA) is 114 Å². The number of amides is 3. The maximum absolute atomic E-state index is 13.1. The summed E-state index contributed by atoms with van der Waals surface area (Å²) in [5, 5.41) is 5.76. The number of aryl methyl sites for hydroxylation is 1. The standard InChI is InChI=1S/C20H17FN4O3S/c1-11-17(29-20(24-11)13-2-6-14(21)7-3-13)19(28)25-15-8-4-12(5-9-15)18(27)23-10-16(22)26/h2-9H,10H2,1H3,(H2,22,26)(H,23,27)(H,25,28). The number of nitrogens with one attached hydrogen (secondary N) is 2. The van der Waals surface area contributed by atoms with Crippen molar-refractivity contribution in [3.8, 4) is 10.6 Å². The Balaban J connectivity index is 1.69. The molecule has 4 N–H and O–H groups in total. The Morgan fingerprint density at radius 2 is 1.69 bits per heavy atom. The van der Waals surface area contributed by atoms with Crippen LogP contribution >= 0.6 is 11.3 Å². The summed E-state index contributed by atoms with van der Waals surface area (Å²) in [4.78, 5) is 40.0. The van der Waals surface area contributed by atoms with Gasteiger partial charge in [-0.05, 0) is 55.5 Å². The average molecular weight is 412 g/mol. The third kappa shape index (κ3) is 5.02. The quantitative estimate of drug-likeness (QED) is 0.577. The lowest BCUT2D eigenvalue weighted by atomic mass is 10.2. The fraction of sp³-hybridized carbons (Fsp3) is 0.100. The molecule has 148 valence electrons. The molecule has 0 unspecified atom stereocenters. The van der Waals surface area contributed by atoms with Crippen molar-refractivity contribution in [3.63, 3.8) is 0 Å². The van der Waals surface area contributed by atoms with E-state index < -0.39 is 11.8 Å². The smallest absolute Gasteiger partial charge is 0.267 e. The molecule has 0 saturated heterocycles. The van der Waals surface area contributed by atoms with Crippen molar-refractivity contribution in [3.05, 3.63) is 70.5 Å². The number of rotatable bonds is 6. The molecule has 0 atom stereocenters. The van der Waals surface area contributed by atoms with Crippen LogP contribution < -0.4 is 16.4 Å². The zero-order valence-electron chi connectivity index (χ0n) is 15.4. The average Bonchev–Trinajstić information content (AvgIpc) is 3.09. The van der Waals surface area contributed by atoms with Crippen LogP contribution in [0.4, 0.5) is 10.1 Å². The molecule has 0 aliphatic rings. The molecule has 0 radical (unpaired) electrons. The van der Waals surface area contributed by atoms with Gasteiger partial charge in [0.2, 0.25) is 5.91 Å². The number of nitrogens with zero attached hydrogens (tertiary/aromatic N) is 1. The van der Waals surface area contributed by atoms with E-state index in [0.29, 0.717) is 26.8 Å². The van der Waals surface area contributed by atoms with Crippen LogP contribution in [0, 0.1) is 12.7 Å². The van der Waals surface area contributed by atoms with Crippen LogP contribution in [0.15, 0.2) is 48.5 Å². The van der Waals surface area contributed by atoms with Gasteiger partial charge >= 0.3 is 0 Å². The minimum absolute atomic E-state index is 0.252. The highest BCUT2D eigenvalue weighted by Crippen LogP contribution is 2.28. The second kappa shape index (κ2) is 8.61. The number of thiazole rings is 1. The van der Waals surface area contributed by atoms with Crippen LogP contribution in [0.1, 0.15) is 25.7 Å². The summed E-state index contributed by atoms with van der Waals surface area (Å²) in [5.74, 6) is -1.75. The first kappa shape index (κ1) is 20.2. The van der Waals surface area contributed by atoms with Crippen LogP contribution in [-0.4, -0.2) is 29.3 Å². The summed E-state index contributed by atoms with van der Waals surface area (Å²) in [5.41, 5.74) is 7.11. The molecule has 2 aromatic carbocycles. The van der Waals surface area contributed by atoms with Crippen molar-refractivity contribution >= 4 is 34.7 Å². The summed E-state index contributed by atoms with van der Waals surface area (Å²) in [6.07, 6.45) is 0. The molecule has 9 heteroatoms. The van der Waals surface area contributed by atoms with Gasteiger partial charge in [-0.3, -0.25) is 14.4 Å². The normalized spacial score (nSPS) is 10.4. The molecular weight excluding hydrogens is 395 g/mol. The van der Waals surface area contributed by atoms with E-state index in [1.165, 1.54) is 35.6 Å². The third-order valence-corrected chi connectivity index (χ3v) is 5.13. The van der Waals surface area contributed by atoms with E-state index in [2.05, 4.69) is 15.6 Å². The molecule has 0 aliphatic heterocycles. The lowest BCUT2D eigenvalue weighted by molar-refractivity contribution is -0.117. The van der Waals surface area contributed by atoms with E-state index in [-0.39, 0.29) is 18.3 Å². The molecule has 7 nitrogen and oxygen atoms in total. The predicted molar refractivity (Wildman–Crippen MR) is 108 cm³/mol. The van der Waals surface area contributed by atoms with E-state index in [1.54, 1.807) is 31.2 Å². The van der Waals surface area contributed by atoms with Gasteiger partial charge in [-0.25, -0.2) is 9.37 Å². The molecule has 3 aromatic rings. The van der Waals surface area contributed by atoms with E-state index >= 15 is 0 Å². The Morgan fingerprint density at radius 1 is 1.03 bits per heavy atom. The van der Waals surface area contributed by atoms with E-state index in [4.69, 9.17) is 5.73 Å². The Labute approximate surface area is 169 Å². The SMILES string of the molecule is Cc1nc(-c2ccc(F)cc2)sc1C(=O)Nc1ccc(C(=O)NCC(N)=O)cc1. The third-order valence-electron chi connectivity index (χ3n) is 3.92. The van der Waals surface area contributed by atoms with Gasteiger partial charge in [0.25, 0.3) is 11.8 Å². The van der Waals surface area contributed by atoms with Gasteiger partial charge in [0.05, 0.1) is 12.2 Å². The van der Waals surface area contributed by atoms with Crippen molar-refractivity contribution in [2.24, 2.45) is 5.73 Å². The van der Waals surface area contributed by atoms with Crippen molar-refractivity contribution in [2.75, 3.05) is 11.9 Å². The predicted octanol–water partition coefficient (Wildman–Crippen LogP) is 2.73. The number of anilines is 1. The monoisotopic (exact) mass is 412 g/mol. The number of benzene rings is 2. The first-order valence-electron chi connectivity index (χ1n) is 8.55. The molecule has 0 aliphatic carbocycles. The molecule has 0 saturated carbocycles. The molecule has 0 spiro atoms. The van der Waals surface area contributed by atoms with Crippen molar-refractivity contribution < 1.29 is 18.8 Å². The highest BCUT2D eigenvalue weighted by Gasteiger charge is 2.17. The molecule has 1 aromatic heterocycles. The number of halogens is 1.